The molecule has 1 fully saturated rings. The molecule has 1 heterocycles. The highest BCUT2D eigenvalue weighted by atomic mass is 16.2. The lowest BCUT2D eigenvalue weighted by Gasteiger charge is -2.21. The molecule has 0 unspecified atom stereocenters. The fourth-order valence-electron chi connectivity index (χ4n) is 2.97. The van der Waals surface area contributed by atoms with Gasteiger partial charge in [-0.2, -0.15) is 5.10 Å². The molecule has 1 aromatic rings. The summed E-state index contributed by atoms with van der Waals surface area (Å²) < 4.78 is 0. The Hall–Kier alpha value is -1.39. The Morgan fingerprint density at radius 1 is 1.35 bits per heavy atom. The van der Waals surface area contributed by atoms with Crippen molar-refractivity contribution in [1.29, 1.82) is 0 Å². The van der Waals surface area contributed by atoms with Crippen LogP contribution in [0.1, 0.15) is 63.0 Å². The number of nitrogens with one attached hydrogen (secondary N) is 1. The van der Waals surface area contributed by atoms with Crippen LogP contribution in [0.3, 0.4) is 0 Å². The second-order valence-corrected chi connectivity index (χ2v) is 5.98. The second-order valence-electron chi connectivity index (χ2n) is 5.98. The largest absolute Gasteiger partial charge is 0.338 e. The minimum absolute atomic E-state index is 0.197. The van der Waals surface area contributed by atoms with E-state index in [1.807, 2.05) is 14.0 Å². The van der Waals surface area contributed by atoms with Crippen molar-refractivity contribution >= 4 is 5.91 Å². The first-order valence-corrected chi connectivity index (χ1v) is 7.77. The molecule has 1 aromatic heterocycles. The lowest BCUT2D eigenvalue weighted by atomic mass is 9.86. The summed E-state index contributed by atoms with van der Waals surface area (Å²) in [6.45, 7) is 2.36. The van der Waals surface area contributed by atoms with Gasteiger partial charge in [0.15, 0.2) is 5.82 Å². The van der Waals surface area contributed by atoms with E-state index in [9.17, 15) is 4.79 Å². The molecule has 0 aliphatic heterocycles. The van der Waals surface area contributed by atoms with Gasteiger partial charge < -0.3 is 4.90 Å². The van der Waals surface area contributed by atoms with Gasteiger partial charge in [0, 0.05) is 13.5 Å². The molecule has 5 nitrogen and oxygen atoms in total. The Morgan fingerprint density at radius 2 is 2.10 bits per heavy atom. The fourth-order valence-corrected chi connectivity index (χ4v) is 2.97. The van der Waals surface area contributed by atoms with Gasteiger partial charge in [0.05, 0.1) is 6.54 Å². The number of hydrogen-bond acceptors (Lipinski definition) is 3. The predicted molar refractivity (Wildman–Crippen MR) is 78.0 cm³/mol. The lowest BCUT2D eigenvalue weighted by molar-refractivity contribution is -0.130. The van der Waals surface area contributed by atoms with Crippen LogP contribution in [-0.2, 0) is 11.3 Å². The van der Waals surface area contributed by atoms with Crippen molar-refractivity contribution in [3.8, 4) is 0 Å². The summed E-state index contributed by atoms with van der Waals surface area (Å²) in [6.07, 6.45) is 9.75. The maximum absolute atomic E-state index is 12.1. The molecule has 0 radical (unpaired) electrons. The average molecular weight is 278 g/mol. The van der Waals surface area contributed by atoms with Gasteiger partial charge in [-0.05, 0) is 25.7 Å². The van der Waals surface area contributed by atoms with Crippen molar-refractivity contribution in [3.05, 3.63) is 11.6 Å². The molecule has 20 heavy (non-hydrogen) atoms. The van der Waals surface area contributed by atoms with Crippen molar-refractivity contribution < 1.29 is 4.79 Å². The van der Waals surface area contributed by atoms with Crippen molar-refractivity contribution in [1.82, 2.24) is 20.1 Å². The molecule has 0 aromatic carbocycles. The highest BCUT2D eigenvalue weighted by Crippen LogP contribution is 2.27. The molecule has 1 aliphatic carbocycles. The third kappa shape index (κ3) is 4.62. The molecule has 2 rings (SSSR count). The summed E-state index contributed by atoms with van der Waals surface area (Å²) in [4.78, 5) is 18.0. The average Bonchev–Trinajstić information content (AvgIpc) is 2.85. The number of carbonyl (C=O) groups excluding carboxylic acids is 1. The number of nitrogens with zero attached hydrogens (tertiary/aromatic N) is 3. The van der Waals surface area contributed by atoms with Crippen molar-refractivity contribution in [3.63, 3.8) is 0 Å². The van der Waals surface area contributed by atoms with Crippen LogP contribution in [0.25, 0.3) is 0 Å². The van der Waals surface area contributed by atoms with Crippen LogP contribution in [-0.4, -0.2) is 33.0 Å². The van der Waals surface area contributed by atoms with E-state index in [-0.39, 0.29) is 5.91 Å². The molecule has 0 saturated heterocycles. The zero-order valence-corrected chi connectivity index (χ0v) is 12.7. The summed E-state index contributed by atoms with van der Waals surface area (Å²) >= 11 is 0. The first kappa shape index (κ1) is 15.0. The van der Waals surface area contributed by atoms with Gasteiger partial charge in [0.25, 0.3) is 0 Å². The van der Waals surface area contributed by atoms with Gasteiger partial charge in [-0.25, -0.2) is 4.98 Å². The Kier molecular flexibility index (Phi) is 5.56. The monoisotopic (exact) mass is 278 g/mol. The van der Waals surface area contributed by atoms with E-state index in [0.717, 1.165) is 18.2 Å². The number of rotatable bonds is 6. The summed E-state index contributed by atoms with van der Waals surface area (Å²) in [5, 5.41) is 6.86. The van der Waals surface area contributed by atoms with Crippen LogP contribution in [0.4, 0.5) is 0 Å². The molecule has 112 valence electrons. The van der Waals surface area contributed by atoms with E-state index < -0.39 is 0 Å². The number of carbonyl (C=O) groups is 1. The van der Waals surface area contributed by atoms with Gasteiger partial charge in [-0.1, -0.05) is 32.1 Å². The normalized spacial score (nSPS) is 16.3. The van der Waals surface area contributed by atoms with E-state index in [1.54, 1.807) is 4.90 Å². The second kappa shape index (κ2) is 7.41. The number of amides is 1. The molecular formula is C15H26N4O. The van der Waals surface area contributed by atoms with Crippen LogP contribution in [0, 0.1) is 12.8 Å². The predicted octanol–water partition coefficient (Wildman–Crippen LogP) is 2.82. The molecule has 5 heteroatoms. The lowest BCUT2D eigenvalue weighted by Crippen LogP contribution is -2.26. The molecule has 0 spiro atoms. The molecule has 1 aliphatic rings. The maximum Gasteiger partial charge on any atom is 0.222 e. The quantitative estimate of drug-likeness (QED) is 0.870. The molecule has 0 bridgehead atoms. The summed E-state index contributed by atoms with van der Waals surface area (Å²) in [5.74, 6) is 2.53. The Bertz CT molecular complexity index is 423. The minimum Gasteiger partial charge on any atom is -0.338 e. The van der Waals surface area contributed by atoms with E-state index in [2.05, 4.69) is 15.2 Å². The van der Waals surface area contributed by atoms with Gasteiger partial charge in [0.1, 0.15) is 5.82 Å². The molecular weight excluding hydrogens is 252 g/mol. The Morgan fingerprint density at radius 3 is 2.75 bits per heavy atom. The van der Waals surface area contributed by atoms with Gasteiger partial charge >= 0.3 is 0 Å². The topological polar surface area (TPSA) is 61.9 Å². The zero-order valence-electron chi connectivity index (χ0n) is 12.7. The van der Waals surface area contributed by atoms with E-state index in [4.69, 9.17) is 0 Å². The fraction of sp³-hybridized carbons (Fsp3) is 0.800. The molecule has 1 amide bonds. The van der Waals surface area contributed by atoms with E-state index in [0.29, 0.717) is 18.8 Å². The number of aromatic amines is 1. The third-order valence-electron chi connectivity index (χ3n) is 4.18. The van der Waals surface area contributed by atoms with E-state index in [1.165, 1.54) is 38.5 Å². The molecule has 0 atom stereocenters. The summed E-state index contributed by atoms with van der Waals surface area (Å²) in [7, 11) is 1.83. The highest BCUT2D eigenvalue weighted by Gasteiger charge is 2.15. The van der Waals surface area contributed by atoms with Crippen LogP contribution in [0.5, 0.6) is 0 Å². The van der Waals surface area contributed by atoms with Crippen LogP contribution in [0.15, 0.2) is 0 Å². The summed E-state index contributed by atoms with van der Waals surface area (Å²) in [5.41, 5.74) is 0. The van der Waals surface area contributed by atoms with Crippen molar-refractivity contribution in [2.75, 3.05) is 7.05 Å². The van der Waals surface area contributed by atoms with Crippen LogP contribution >= 0.6 is 0 Å². The maximum atomic E-state index is 12.1. The SMILES string of the molecule is Cc1nc(CN(C)C(=O)CCCC2CCCCC2)n[nH]1. The Labute approximate surface area is 121 Å². The van der Waals surface area contributed by atoms with E-state index >= 15 is 0 Å². The number of aryl methyl sites for hydroxylation is 1. The van der Waals surface area contributed by atoms with Gasteiger partial charge in [0.2, 0.25) is 5.91 Å². The first-order valence-electron chi connectivity index (χ1n) is 7.77. The van der Waals surface area contributed by atoms with Crippen LogP contribution < -0.4 is 0 Å². The molecule has 1 N–H and O–H groups in total. The Balaban J connectivity index is 1.65. The smallest absolute Gasteiger partial charge is 0.222 e. The molecule has 1 saturated carbocycles. The van der Waals surface area contributed by atoms with Crippen LogP contribution in [0.2, 0.25) is 0 Å². The number of H-pyrrole nitrogens is 1. The first-order chi connectivity index (χ1) is 9.65. The van der Waals surface area contributed by atoms with Crippen molar-refractivity contribution in [2.45, 2.75) is 64.8 Å². The standard InChI is InChI=1S/C15H26N4O/c1-12-16-14(18-17-12)11-19(2)15(20)10-6-9-13-7-4-3-5-8-13/h13H,3-11H2,1-2H3,(H,16,17,18). The highest BCUT2D eigenvalue weighted by molar-refractivity contribution is 5.75. The van der Waals surface area contributed by atoms with Gasteiger partial charge in [-0.15, -0.1) is 0 Å². The zero-order chi connectivity index (χ0) is 14.4. The number of hydrogen-bond donors (Lipinski definition) is 1. The minimum atomic E-state index is 0.197. The van der Waals surface area contributed by atoms with Crippen molar-refractivity contribution in [2.24, 2.45) is 5.92 Å². The number of aromatic nitrogens is 3. The third-order valence-corrected chi connectivity index (χ3v) is 4.18. The van der Waals surface area contributed by atoms with Gasteiger partial charge in [-0.3, -0.25) is 9.89 Å². The summed E-state index contributed by atoms with van der Waals surface area (Å²) in [6, 6.07) is 0.